The van der Waals surface area contributed by atoms with Crippen molar-refractivity contribution in [2.24, 2.45) is 11.3 Å². The second-order valence-electron chi connectivity index (χ2n) is 6.32. The maximum atomic E-state index is 9.36. The largest absolute Gasteiger partial charge is 0.396 e. The standard InChI is InChI=1S/C15H30N2O2/c1-2-16-12-15(5-8-19-9-6-15)13-17-7-3-4-14(10-17)11-18/h14,16,18H,2-13H2,1H3. The molecule has 0 amide bonds. The van der Waals surface area contributed by atoms with Gasteiger partial charge >= 0.3 is 0 Å². The maximum absolute atomic E-state index is 9.36. The molecule has 1 atom stereocenters. The summed E-state index contributed by atoms with van der Waals surface area (Å²) in [4.78, 5) is 2.58. The molecule has 1 unspecified atom stereocenters. The minimum absolute atomic E-state index is 0.347. The first-order chi connectivity index (χ1) is 9.28. The van der Waals surface area contributed by atoms with Crippen LogP contribution in [0, 0.1) is 11.3 Å². The highest BCUT2D eigenvalue weighted by Gasteiger charge is 2.35. The number of likely N-dealkylation sites (tertiary alicyclic amines) is 1. The molecule has 0 aromatic rings. The molecule has 2 fully saturated rings. The predicted octanol–water partition coefficient (Wildman–Crippen LogP) is 1.10. The molecule has 2 aliphatic heterocycles. The summed E-state index contributed by atoms with van der Waals surface area (Å²) in [7, 11) is 0. The molecule has 0 saturated carbocycles. The van der Waals surface area contributed by atoms with Crippen LogP contribution in [0.2, 0.25) is 0 Å². The zero-order chi connectivity index (χ0) is 13.6. The van der Waals surface area contributed by atoms with Gasteiger partial charge in [0.05, 0.1) is 0 Å². The molecule has 0 aromatic heterocycles. The Morgan fingerprint density at radius 1 is 1.37 bits per heavy atom. The Morgan fingerprint density at radius 2 is 2.16 bits per heavy atom. The van der Waals surface area contributed by atoms with Crippen molar-refractivity contribution >= 4 is 0 Å². The van der Waals surface area contributed by atoms with Crippen LogP contribution in [0.3, 0.4) is 0 Å². The lowest BCUT2D eigenvalue weighted by atomic mass is 9.79. The van der Waals surface area contributed by atoms with Crippen LogP contribution < -0.4 is 5.32 Å². The molecule has 2 aliphatic rings. The predicted molar refractivity (Wildman–Crippen MR) is 77.3 cm³/mol. The molecule has 0 aromatic carbocycles. The van der Waals surface area contributed by atoms with Crippen LogP contribution in [0.4, 0.5) is 0 Å². The number of nitrogens with zero attached hydrogens (tertiary/aromatic N) is 1. The van der Waals surface area contributed by atoms with Crippen molar-refractivity contribution in [2.75, 3.05) is 52.5 Å². The molecule has 0 spiro atoms. The van der Waals surface area contributed by atoms with Crippen LogP contribution in [0.25, 0.3) is 0 Å². The third-order valence-corrected chi connectivity index (χ3v) is 4.72. The highest BCUT2D eigenvalue weighted by Crippen LogP contribution is 2.32. The fraction of sp³-hybridized carbons (Fsp3) is 1.00. The van der Waals surface area contributed by atoms with E-state index < -0.39 is 0 Å². The molecule has 4 heteroatoms. The number of ether oxygens (including phenoxy) is 1. The quantitative estimate of drug-likeness (QED) is 0.758. The third kappa shape index (κ3) is 4.42. The SMILES string of the molecule is CCNCC1(CN2CCCC(CO)C2)CCOCC1. The Kier molecular flexibility index (Phi) is 6.07. The van der Waals surface area contributed by atoms with Crippen molar-refractivity contribution < 1.29 is 9.84 Å². The summed E-state index contributed by atoms with van der Waals surface area (Å²) in [5.74, 6) is 0.491. The van der Waals surface area contributed by atoms with Crippen molar-refractivity contribution in [3.05, 3.63) is 0 Å². The van der Waals surface area contributed by atoms with Crippen LogP contribution in [0.5, 0.6) is 0 Å². The van der Waals surface area contributed by atoms with Gasteiger partial charge in [0.2, 0.25) is 0 Å². The van der Waals surface area contributed by atoms with Crippen molar-refractivity contribution in [3.63, 3.8) is 0 Å². The van der Waals surface area contributed by atoms with Crippen LogP contribution >= 0.6 is 0 Å². The average molecular weight is 270 g/mol. The molecule has 19 heavy (non-hydrogen) atoms. The topological polar surface area (TPSA) is 44.7 Å². The minimum atomic E-state index is 0.347. The van der Waals surface area contributed by atoms with Crippen LogP contribution in [0.1, 0.15) is 32.6 Å². The van der Waals surface area contributed by atoms with Gasteiger partial charge < -0.3 is 20.1 Å². The molecule has 112 valence electrons. The van der Waals surface area contributed by atoms with Gasteiger partial charge in [-0.2, -0.15) is 0 Å². The van der Waals surface area contributed by atoms with Gasteiger partial charge in [-0.05, 0) is 50.1 Å². The fourth-order valence-corrected chi connectivity index (χ4v) is 3.50. The molecule has 0 aliphatic carbocycles. The molecule has 2 saturated heterocycles. The first kappa shape index (κ1) is 15.2. The maximum Gasteiger partial charge on any atom is 0.0472 e. The van der Waals surface area contributed by atoms with Gasteiger partial charge in [0.1, 0.15) is 0 Å². The Balaban J connectivity index is 1.90. The molecule has 2 N–H and O–H groups in total. The van der Waals surface area contributed by atoms with Gasteiger partial charge in [0.15, 0.2) is 0 Å². The number of piperidine rings is 1. The van der Waals surface area contributed by atoms with E-state index in [-0.39, 0.29) is 0 Å². The summed E-state index contributed by atoms with van der Waals surface area (Å²) in [5.41, 5.74) is 0.381. The van der Waals surface area contributed by atoms with E-state index in [2.05, 4.69) is 17.1 Å². The van der Waals surface area contributed by atoms with Gasteiger partial charge in [-0.25, -0.2) is 0 Å². The second kappa shape index (κ2) is 7.58. The zero-order valence-corrected chi connectivity index (χ0v) is 12.4. The molecule has 0 bridgehead atoms. The summed E-state index contributed by atoms with van der Waals surface area (Å²) in [6.07, 6.45) is 4.76. The Morgan fingerprint density at radius 3 is 2.84 bits per heavy atom. The van der Waals surface area contributed by atoms with Crippen LogP contribution in [-0.4, -0.2) is 62.6 Å². The number of aliphatic hydroxyl groups is 1. The van der Waals surface area contributed by atoms with Gasteiger partial charge in [-0.1, -0.05) is 6.92 Å². The minimum Gasteiger partial charge on any atom is -0.396 e. The van der Waals surface area contributed by atoms with Crippen LogP contribution in [-0.2, 0) is 4.74 Å². The Bertz CT molecular complexity index is 255. The van der Waals surface area contributed by atoms with E-state index in [1.54, 1.807) is 0 Å². The second-order valence-corrected chi connectivity index (χ2v) is 6.32. The summed E-state index contributed by atoms with van der Waals surface area (Å²) >= 11 is 0. The highest BCUT2D eigenvalue weighted by molar-refractivity contribution is 4.88. The van der Waals surface area contributed by atoms with Crippen molar-refractivity contribution in [3.8, 4) is 0 Å². The number of nitrogens with one attached hydrogen (secondary N) is 1. The van der Waals surface area contributed by atoms with Crippen molar-refractivity contribution in [1.82, 2.24) is 10.2 Å². The first-order valence-corrected chi connectivity index (χ1v) is 7.90. The average Bonchev–Trinajstić information content (AvgIpc) is 2.46. The fourth-order valence-electron chi connectivity index (χ4n) is 3.50. The summed E-state index contributed by atoms with van der Waals surface area (Å²) in [6, 6.07) is 0. The lowest BCUT2D eigenvalue weighted by molar-refractivity contribution is -0.0134. The van der Waals surface area contributed by atoms with Crippen molar-refractivity contribution in [1.29, 1.82) is 0 Å². The van der Waals surface area contributed by atoms with E-state index in [9.17, 15) is 5.11 Å². The van der Waals surface area contributed by atoms with Gasteiger partial charge in [-0.15, -0.1) is 0 Å². The van der Waals surface area contributed by atoms with Gasteiger partial charge in [-0.3, -0.25) is 0 Å². The smallest absolute Gasteiger partial charge is 0.0472 e. The van der Waals surface area contributed by atoms with Crippen molar-refractivity contribution in [2.45, 2.75) is 32.6 Å². The highest BCUT2D eigenvalue weighted by atomic mass is 16.5. The van der Waals surface area contributed by atoms with Gasteiger partial charge in [0.25, 0.3) is 0 Å². The van der Waals surface area contributed by atoms with Gasteiger partial charge in [0, 0.05) is 39.5 Å². The van der Waals surface area contributed by atoms with Crippen LogP contribution in [0.15, 0.2) is 0 Å². The van der Waals surface area contributed by atoms with E-state index in [4.69, 9.17) is 4.74 Å². The summed E-state index contributed by atoms with van der Waals surface area (Å²) in [6.45, 7) is 9.92. The molecular weight excluding hydrogens is 240 g/mol. The summed E-state index contributed by atoms with van der Waals surface area (Å²) < 4.78 is 5.55. The van der Waals surface area contributed by atoms with E-state index in [1.807, 2.05) is 0 Å². The van der Waals surface area contributed by atoms with E-state index in [0.29, 0.717) is 17.9 Å². The molecule has 2 heterocycles. The lowest BCUT2D eigenvalue weighted by Gasteiger charge is -2.43. The molecular formula is C15H30N2O2. The van der Waals surface area contributed by atoms with E-state index >= 15 is 0 Å². The van der Waals surface area contributed by atoms with E-state index in [1.165, 1.54) is 38.8 Å². The molecule has 4 nitrogen and oxygen atoms in total. The third-order valence-electron chi connectivity index (χ3n) is 4.72. The number of hydrogen-bond donors (Lipinski definition) is 2. The van der Waals surface area contributed by atoms with E-state index in [0.717, 1.165) is 32.8 Å². The first-order valence-electron chi connectivity index (χ1n) is 7.90. The Hall–Kier alpha value is -0.160. The number of aliphatic hydroxyl groups excluding tert-OH is 1. The monoisotopic (exact) mass is 270 g/mol. The normalized spacial score (nSPS) is 28.4. The lowest BCUT2D eigenvalue weighted by Crippen LogP contribution is -2.50. The number of rotatable bonds is 6. The Labute approximate surface area is 117 Å². The zero-order valence-electron chi connectivity index (χ0n) is 12.4. The number of hydrogen-bond acceptors (Lipinski definition) is 4. The molecule has 0 radical (unpaired) electrons. The molecule has 2 rings (SSSR count). The summed E-state index contributed by atoms with van der Waals surface area (Å²) in [5, 5.41) is 12.9.